The molecule has 0 bridgehead atoms. The van der Waals surface area contributed by atoms with Crippen molar-refractivity contribution in [1.29, 1.82) is 0 Å². The van der Waals surface area contributed by atoms with E-state index in [0.29, 0.717) is 17.6 Å². The van der Waals surface area contributed by atoms with Crippen molar-refractivity contribution in [3.63, 3.8) is 0 Å². The zero-order valence-electron chi connectivity index (χ0n) is 14.3. The monoisotopic (exact) mass is 350 g/mol. The molecule has 2 aliphatic heterocycles. The minimum absolute atomic E-state index is 0.0353. The van der Waals surface area contributed by atoms with Gasteiger partial charge < -0.3 is 19.3 Å². The van der Waals surface area contributed by atoms with E-state index in [1.165, 1.54) is 6.26 Å². The molecule has 2 aromatic carbocycles. The summed E-state index contributed by atoms with van der Waals surface area (Å²) in [6.07, 6.45) is 1.72. The first-order valence-corrected chi connectivity index (χ1v) is 8.33. The number of carbonyl (C=O) groups is 1. The molecule has 0 saturated heterocycles. The van der Waals surface area contributed by atoms with Crippen LogP contribution in [0, 0.1) is 6.92 Å². The fourth-order valence-corrected chi connectivity index (χ4v) is 3.26. The second-order valence-electron chi connectivity index (χ2n) is 6.33. The van der Waals surface area contributed by atoms with Gasteiger partial charge in [-0.15, -0.1) is 0 Å². The van der Waals surface area contributed by atoms with Gasteiger partial charge in [0.1, 0.15) is 11.8 Å². The summed E-state index contributed by atoms with van der Waals surface area (Å²) in [6.45, 7) is 1.95. The van der Waals surface area contributed by atoms with E-state index in [0.717, 1.165) is 11.1 Å². The van der Waals surface area contributed by atoms with Crippen molar-refractivity contribution in [3.8, 4) is 0 Å². The first-order valence-electron chi connectivity index (χ1n) is 8.33. The van der Waals surface area contributed by atoms with Crippen LogP contribution in [0.1, 0.15) is 16.7 Å². The van der Waals surface area contributed by atoms with Crippen molar-refractivity contribution in [1.82, 2.24) is 0 Å². The highest BCUT2D eigenvalue weighted by Gasteiger charge is 2.49. The number of aryl methyl sites for hydroxylation is 1. The van der Waals surface area contributed by atoms with E-state index in [9.17, 15) is 9.90 Å². The normalized spacial score (nSPS) is 21.9. The maximum atomic E-state index is 12.6. The molecule has 2 aromatic rings. The molecule has 0 spiro atoms. The first kappa shape index (κ1) is 16.4. The molecule has 2 heterocycles. The van der Waals surface area contributed by atoms with Gasteiger partial charge in [0.15, 0.2) is 5.76 Å². The Bertz CT molecular complexity index is 913. The van der Waals surface area contributed by atoms with Gasteiger partial charge in [-0.25, -0.2) is 4.79 Å². The molecule has 0 amide bonds. The van der Waals surface area contributed by atoms with Crippen molar-refractivity contribution in [2.75, 3.05) is 6.79 Å². The second kappa shape index (κ2) is 6.35. The molecule has 1 N–H and O–H groups in total. The highest BCUT2D eigenvalue weighted by Crippen LogP contribution is 2.44. The van der Waals surface area contributed by atoms with Crippen molar-refractivity contribution in [2.24, 2.45) is 0 Å². The lowest BCUT2D eigenvalue weighted by Gasteiger charge is -2.26. The van der Waals surface area contributed by atoms with Crippen molar-refractivity contribution in [3.05, 3.63) is 94.5 Å². The van der Waals surface area contributed by atoms with Crippen LogP contribution >= 0.6 is 0 Å². The minimum Gasteiger partial charge on any atom is -0.461 e. The molecule has 5 heteroatoms. The van der Waals surface area contributed by atoms with E-state index in [1.807, 2.05) is 55.5 Å². The van der Waals surface area contributed by atoms with Gasteiger partial charge in [-0.05, 0) is 18.6 Å². The molecular weight excluding hydrogens is 332 g/mol. The molecule has 5 nitrogen and oxygen atoms in total. The number of rotatable bonds is 4. The Morgan fingerprint density at radius 2 is 1.92 bits per heavy atom. The molecule has 0 aliphatic carbocycles. The van der Waals surface area contributed by atoms with E-state index in [2.05, 4.69) is 0 Å². The fraction of sp³-hybridized carbons (Fsp3) is 0.190. The predicted molar refractivity (Wildman–Crippen MR) is 93.5 cm³/mol. The van der Waals surface area contributed by atoms with Crippen molar-refractivity contribution >= 4 is 5.97 Å². The average Bonchev–Trinajstić information content (AvgIpc) is 3.23. The average molecular weight is 350 g/mol. The number of carbonyl (C=O) groups excluding carboxylic acids is 1. The number of ether oxygens (including phenoxy) is 3. The maximum absolute atomic E-state index is 12.6. The third-order valence-corrected chi connectivity index (χ3v) is 4.51. The minimum atomic E-state index is -1.85. The van der Waals surface area contributed by atoms with Crippen LogP contribution in [-0.2, 0) is 31.2 Å². The maximum Gasteiger partial charge on any atom is 0.345 e. The van der Waals surface area contributed by atoms with Gasteiger partial charge in [0.05, 0.1) is 0 Å². The smallest absolute Gasteiger partial charge is 0.345 e. The van der Waals surface area contributed by atoms with Gasteiger partial charge in [-0.2, -0.15) is 0 Å². The van der Waals surface area contributed by atoms with E-state index in [1.54, 1.807) is 6.07 Å². The SMILES string of the molecule is Cc1cccc(C2(O)OC(=O)C(C3=COCO3)=C2Cc2ccccc2)c1. The Hall–Kier alpha value is -3.05. The Balaban J connectivity index is 1.87. The highest BCUT2D eigenvalue weighted by molar-refractivity contribution is 5.97. The summed E-state index contributed by atoms with van der Waals surface area (Å²) < 4.78 is 16.0. The zero-order chi connectivity index (χ0) is 18.1. The summed E-state index contributed by atoms with van der Waals surface area (Å²) in [6, 6.07) is 16.9. The van der Waals surface area contributed by atoms with Crippen LogP contribution in [0.5, 0.6) is 0 Å². The van der Waals surface area contributed by atoms with E-state index >= 15 is 0 Å². The molecule has 132 valence electrons. The first-order chi connectivity index (χ1) is 12.6. The molecule has 2 aliphatic rings. The summed E-state index contributed by atoms with van der Waals surface area (Å²) in [5.74, 6) is -2.19. The van der Waals surface area contributed by atoms with Gasteiger partial charge in [0.2, 0.25) is 6.79 Å². The third kappa shape index (κ3) is 2.76. The van der Waals surface area contributed by atoms with Crippen LogP contribution in [-0.4, -0.2) is 17.9 Å². The molecule has 1 atom stereocenters. The molecular formula is C21H18O5. The van der Waals surface area contributed by atoms with Gasteiger partial charge in [0.25, 0.3) is 5.79 Å². The molecule has 4 rings (SSSR count). The van der Waals surface area contributed by atoms with Crippen LogP contribution in [0.3, 0.4) is 0 Å². The van der Waals surface area contributed by atoms with Gasteiger partial charge in [-0.3, -0.25) is 0 Å². The topological polar surface area (TPSA) is 65.0 Å². The molecule has 1 unspecified atom stereocenters. The Morgan fingerprint density at radius 3 is 2.62 bits per heavy atom. The number of hydrogen-bond donors (Lipinski definition) is 1. The van der Waals surface area contributed by atoms with Gasteiger partial charge in [0, 0.05) is 17.6 Å². The largest absolute Gasteiger partial charge is 0.461 e. The quantitative estimate of drug-likeness (QED) is 0.859. The molecule has 0 fully saturated rings. The summed E-state index contributed by atoms with van der Waals surface area (Å²) in [5, 5.41) is 11.4. The summed E-state index contributed by atoms with van der Waals surface area (Å²) >= 11 is 0. The zero-order valence-corrected chi connectivity index (χ0v) is 14.3. The standard InChI is InChI=1S/C21H18O5/c1-14-6-5-9-16(10-14)21(23)17(11-15-7-3-2-4-8-15)19(20(22)26-21)18-12-24-13-25-18/h2-10,12,23H,11,13H2,1H3. The molecule has 0 aromatic heterocycles. The van der Waals surface area contributed by atoms with Gasteiger partial charge >= 0.3 is 5.97 Å². The summed E-state index contributed by atoms with van der Waals surface area (Å²) in [4.78, 5) is 12.6. The molecule has 0 saturated carbocycles. The Labute approximate surface area is 151 Å². The number of cyclic esters (lactones) is 1. The lowest BCUT2D eigenvalue weighted by molar-refractivity contribution is -0.186. The predicted octanol–water partition coefficient (Wildman–Crippen LogP) is 3.08. The van der Waals surface area contributed by atoms with Crippen LogP contribution in [0.2, 0.25) is 0 Å². The number of benzene rings is 2. The number of esters is 1. The van der Waals surface area contributed by atoms with E-state index in [-0.39, 0.29) is 18.1 Å². The lowest BCUT2D eigenvalue weighted by atomic mass is 9.89. The van der Waals surface area contributed by atoms with Crippen molar-refractivity contribution < 1.29 is 24.1 Å². The van der Waals surface area contributed by atoms with E-state index < -0.39 is 11.8 Å². The highest BCUT2D eigenvalue weighted by atomic mass is 16.7. The van der Waals surface area contributed by atoms with Crippen molar-refractivity contribution in [2.45, 2.75) is 19.1 Å². The lowest BCUT2D eigenvalue weighted by Crippen LogP contribution is -2.29. The summed E-state index contributed by atoms with van der Waals surface area (Å²) in [7, 11) is 0. The Morgan fingerprint density at radius 1 is 1.12 bits per heavy atom. The van der Waals surface area contributed by atoms with Gasteiger partial charge in [-0.1, -0.05) is 54.1 Å². The third-order valence-electron chi connectivity index (χ3n) is 4.51. The number of hydrogen-bond acceptors (Lipinski definition) is 5. The summed E-state index contributed by atoms with van der Waals surface area (Å²) in [5.41, 5.74) is 3.07. The second-order valence-corrected chi connectivity index (χ2v) is 6.33. The van der Waals surface area contributed by atoms with Crippen LogP contribution in [0.15, 0.2) is 77.8 Å². The van der Waals surface area contributed by atoms with Crippen LogP contribution in [0.25, 0.3) is 0 Å². The molecule has 26 heavy (non-hydrogen) atoms. The van der Waals surface area contributed by atoms with Crippen LogP contribution < -0.4 is 0 Å². The fourth-order valence-electron chi connectivity index (χ4n) is 3.26. The van der Waals surface area contributed by atoms with E-state index in [4.69, 9.17) is 14.2 Å². The number of aliphatic hydroxyl groups is 1. The molecule has 0 radical (unpaired) electrons. The Kier molecular flexibility index (Phi) is 4.01. The van der Waals surface area contributed by atoms with Crippen LogP contribution in [0.4, 0.5) is 0 Å².